The predicted molar refractivity (Wildman–Crippen MR) is 106 cm³/mol. The first-order valence-corrected chi connectivity index (χ1v) is 10.7. The smallest absolute Gasteiger partial charge is 0.246 e. The fraction of sp³-hybridized carbons (Fsp3) is 0.632. The van der Waals surface area contributed by atoms with E-state index in [4.69, 9.17) is 4.74 Å². The van der Waals surface area contributed by atoms with Gasteiger partial charge in [0, 0.05) is 32.1 Å². The van der Waals surface area contributed by atoms with Crippen molar-refractivity contribution in [2.45, 2.75) is 31.6 Å². The number of aryl methyl sites for hydroxylation is 2. The Kier molecular flexibility index (Phi) is 7.25. The van der Waals surface area contributed by atoms with Gasteiger partial charge in [0.1, 0.15) is 10.6 Å². The second-order valence-electron chi connectivity index (χ2n) is 7.36. The molecule has 1 aromatic carbocycles. The molecule has 1 saturated heterocycles. The summed E-state index contributed by atoms with van der Waals surface area (Å²) in [6.45, 7) is 5.87. The third kappa shape index (κ3) is 5.21. The fourth-order valence-corrected chi connectivity index (χ4v) is 4.86. The van der Waals surface area contributed by atoms with Gasteiger partial charge >= 0.3 is 0 Å². The van der Waals surface area contributed by atoms with Gasteiger partial charge in [0.15, 0.2) is 0 Å². The lowest BCUT2D eigenvalue weighted by Crippen LogP contribution is -2.44. The van der Waals surface area contributed by atoms with Crippen LogP contribution < -0.4 is 10.1 Å². The second kappa shape index (κ2) is 9.03. The van der Waals surface area contributed by atoms with E-state index in [-0.39, 0.29) is 16.7 Å². The molecule has 0 saturated carbocycles. The maximum atomic E-state index is 13.1. The van der Waals surface area contributed by atoms with Crippen LogP contribution in [0.3, 0.4) is 0 Å². The highest BCUT2D eigenvalue weighted by Crippen LogP contribution is 2.32. The number of nitrogens with one attached hydrogen (secondary N) is 1. The van der Waals surface area contributed by atoms with Crippen molar-refractivity contribution in [2.24, 2.45) is 5.92 Å². The Morgan fingerprint density at radius 1 is 1.22 bits per heavy atom. The standard InChI is InChI=1S/C19H31N3O4S/c1-14-12-17(26-5)18(13-15(14)2)27(24,25)22-9-6-16(7-10-22)19(23)20-8-11-21(3)4/h12-13,16H,6-11H2,1-5H3,(H,20,23). The van der Waals surface area contributed by atoms with Crippen molar-refractivity contribution in [3.63, 3.8) is 0 Å². The zero-order valence-electron chi connectivity index (χ0n) is 16.9. The van der Waals surface area contributed by atoms with Crippen molar-refractivity contribution >= 4 is 15.9 Å². The molecule has 27 heavy (non-hydrogen) atoms. The normalized spacial score (nSPS) is 16.5. The quantitative estimate of drug-likeness (QED) is 0.752. The zero-order chi connectivity index (χ0) is 20.2. The van der Waals surface area contributed by atoms with Crippen LogP contribution in [0.15, 0.2) is 17.0 Å². The van der Waals surface area contributed by atoms with Crippen molar-refractivity contribution in [3.8, 4) is 5.75 Å². The Hall–Kier alpha value is -1.64. The predicted octanol–water partition coefficient (Wildman–Crippen LogP) is 1.39. The number of hydrogen-bond acceptors (Lipinski definition) is 5. The number of benzene rings is 1. The highest BCUT2D eigenvalue weighted by molar-refractivity contribution is 7.89. The highest BCUT2D eigenvalue weighted by atomic mass is 32.2. The average Bonchev–Trinajstić information content (AvgIpc) is 2.63. The molecule has 0 atom stereocenters. The number of carbonyl (C=O) groups is 1. The summed E-state index contributed by atoms with van der Waals surface area (Å²) in [5.74, 6) is 0.236. The maximum absolute atomic E-state index is 13.1. The molecule has 152 valence electrons. The van der Waals surface area contributed by atoms with Crippen molar-refractivity contribution in [2.75, 3.05) is 47.4 Å². The molecular formula is C19H31N3O4S. The van der Waals surface area contributed by atoms with Crippen LogP contribution >= 0.6 is 0 Å². The van der Waals surface area contributed by atoms with E-state index in [2.05, 4.69) is 5.32 Å². The van der Waals surface area contributed by atoms with Crippen molar-refractivity contribution in [3.05, 3.63) is 23.3 Å². The molecule has 1 amide bonds. The SMILES string of the molecule is COc1cc(C)c(C)cc1S(=O)(=O)N1CCC(C(=O)NCCN(C)C)CC1. The number of sulfonamides is 1. The Morgan fingerprint density at radius 3 is 2.37 bits per heavy atom. The topological polar surface area (TPSA) is 79.0 Å². The van der Waals surface area contributed by atoms with E-state index < -0.39 is 10.0 Å². The first-order chi connectivity index (χ1) is 12.7. The summed E-state index contributed by atoms with van der Waals surface area (Å²) in [4.78, 5) is 14.5. The van der Waals surface area contributed by atoms with Crippen LogP contribution in [0, 0.1) is 19.8 Å². The minimum atomic E-state index is -3.65. The third-order valence-electron chi connectivity index (χ3n) is 5.08. The Bertz CT molecular complexity index is 769. The van der Waals surface area contributed by atoms with Gasteiger partial charge in [-0.2, -0.15) is 4.31 Å². The van der Waals surface area contributed by atoms with Gasteiger partial charge < -0.3 is 15.0 Å². The number of ether oxygens (including phenoxy) is 1. The van der Waals surface area contributed by atoms with E-state index in [0.717, 1.165) is 17.7 Å². The lowest BCUT2D eigenvalue weighted by Gasteiger charge is -2.31. The molecule has 0 bridgehead atoms. The zero-order valence-corrected chi connectivity index (χ0v) is 17.7. The molecule has 1 aliphatic rings. The first-order valence-electron chi connectivity index (χ1n) is 9.24. The van der Waals surface area contributed by atoms with Crippen LogP contribution in [0.4, 0.5) is 0 Å². The van der Waals surface area contributed by atoms with Crippen LogP contribution in [0.5, 0.6) is 5.75 Å². The van der Waals surface area contributed by atoms with E-state index in [1.54, 1.807) is 12.1 Å². The number of piperidine rings is 1. The Morgan fingerprint density at radius 2 is 1.81 bits per heavy atom. The number of carbonyl (C=O) groups excluding carboxylic acids is 1. The lowest BCUT2D eigenvalue weighted by atomic mass is 9.97. The molecule has 0 radical (unpaired) electrons. The van der Waals surface area contributed by atoms with Gasteiger partial charge in [-0.25, -0.2) is 8.42 Å². The summed E-state index contributed by atoms with van der Waals surface area (Å²) < 4.78 is 33.0. The summed E-state index contributed by atoms with van der Waals surface area (Å²) in [5, 5.41) is 2.93. The first kappa shape index (κ1) is 21.7. The number of nitrogens with zero attached hydrogens (tertiary/aromatic N) is 2. The maximum Gasteiger partial charge on any atom is 0.246 e. The van der Waals surface area contributed by atoms with Gasteiger partial charge in [-0.05, 0) is 64.0 Å². The third-order valence-corrected chi connectivity index (χ3v) is 7.00. The molecule has 1 heterocycles. The Labute approximate surface area is 162 Å². The largest absolute Gasteiger partial charge is 0.495 e. The summed E-state index contributed by atoms with van der Waals surface area (Å²) in [5.41, 5.74) is 1.89. The summed E-state index contributed by atoms with van der Waals surface area (Å²) >= 11 is 0. The number of amides is 1. The van der Waals surface area contributed by atoms with Gasteiger partial charge in [-0.15, -0.1) is 0 Å². The Balaban J connectivity index is 2.05. The van der Waals surface area contributed by atoms with Gasteiger partial charge in [-0.3, -0.25) is 4.79 Å². The highest BCUT2D eigenvalue weighted by Gasteiger charge is 2.33. The molecule has 8 heteroatoms. The van der Waals surface area contributed by atoms with E-state index in [9.17, 15) is 13.2 Å². The molecule has 0 unspecified atom stereocenters. The summed E-state index contributed by atoms with van der Waals surface area (Å²) in [6, 6.07) is 3.43. The number of methoxy groups -OCH3 is 1. The minimum absolute atomic E-state index is 0.0117. The van der Waals surface area contributed by atoms with Gasteiger partial charge in [-0.1, -0.05) is 0 Å². The van der Waals surface area contributed by atoms with Gasteiger partial charge in [0.05, 0.1) is 7.11 Å². The molecule has 1 fully saturated rings. The molecule has 2 rings (SSSR count). The van der Waals surface area contributed by atoms with E-state index in [0.29, 0.717) is 38.2 Å². The monoisotopic (exact) mass is 397 g/mol. The van der Waals surface area contributed by atoms with Crippen LogP contribution in [-0.4, -0.2) is 70.9 Å². The number of hydrogen-bond donors (Lipinski definition) is 1. The van der Waals surface area contributed by atoms with Crippen molar-refractivity contribution < 1.29 is 17.9 Å². The molecule has 1 aromatic rings. The molecule has 0 aromatic heterocycles. The van der Waals surface area contributed by atoms with Gasteiger partial charge in [0.25, 0.3) is 0 Å². The van der Waals surface area contributed by atoms with E-state index >= 15 is 0 Å². The van der Waals surface area contributed by atoms with E-state index in [1.165, 1.54) is 11.4 Å². The van der Waals surface area contributed by atoms with E-state index in [1.807, 2.05) is 32.8 Å². The molecule has 0 aliphatic carbocycles. The van der Waals surface area contributed by atoms with Crippen LogP contribution in [-0.2, 0) is 14.8 Å². The van der Waals surface area contributed by atoms with Crippen molar-refractivity contribution in [1.82, 2.24) is 14.5 Å². The molecular weight excluding hydrogens is 366 g/mol. The minimum Gasteiger partial charge on any atom is -0.495 e. The molecule has 1 N–H and O–H groups in total. The lowest BCUT2D eigenvalue weighted by molar-refractivity contribution is -0.126. The van der Waals surface area contributed by atoms with Gasteiger partial charge in [0.2, 0.25) is 15.9 Å². The summed E-state index contributed by atoms with van der Waals surface area (Å²) in [6.07, 6.45) is 1.06. The van der Waals surface area contributed by atoms with Crippen LogP contribution in [0.1, 0.15) is 24.0 Å². The summed E-state index contributed by atoms with van der Waals surface area (Å²) in [7, 11) is 1.74. The number of rotatable bonds is 7. The number of likely N-dealkylation sites (N-methyl/N-ethyl adjacent to an activating group) is 1. The van der Waals surface area contributed by atoms with Crippen LogP contribution in [0.2, 0.25) is 0 Å². The van der Waals surface area contributed by atoms with Crippen LogP contribution in [0.25, 0.3) is 0 Å². The fourth-order valence-electron chi connectivity index (χ4n) is 3.17. The molecule has 0 spiro atoms. The second-order valence-corrected chi connectivity index (χ2v) is 9.27. The van der Waals surface area contributed by atoms with Crippen molar-refractivity contribution in [1.29, 1.82) is 0 Å². The molecule has 7 nitrogen and oxygen atoms in total. The average molecular weight is 398 g/mol. The molecule has 1 aliphatic heterocycles.